The lowest BCUT2D eigenvalue weighted by Crippen LogP contribution is -2.23. The number of hydrogen-bond donors (Lipinski definition) is 3. The molecule has 31 heavy (non-hydrogen) atoms. The molecular weight excluding hydrogens is 420 g/mol. The number of rotatable bonds is 7. The normalized spacial score (nSPS) is 11.8. The maximum absolute atomic E-state index is 10.8. The van der Waals surface area contributed by atoms with E-state index in [2.05, 4.69) is 25.3 Å². The molecule has 10 nitrogen and oxygen atoms in total. The molecule has 0 spiro atoms. The van der Waals surface area contributed by atoms with Crippen molar-refractivity contribution in [2.24, 2.45) is 5.73 Å². The SMILES string of the molecule is NCC(Nc1ccc([N+](=O)[O-])cn1)c1ncc(-c2ncc[nH]2)c(-c2ccc(Cl)cc2)n1. The van der Waals surface area contributed by atoms with Crippen LogP contribution in [0.1, 0.15) is 11.9 Å². The standard InChI is InChI=1S/C20H17ClN8O2/c21-13-3-1-12(2-4-13)18-15(19-23-7-8-24-19)11-26-20(28-18)16(9-22)27-17-6-5-14(10-25-17)29(30)31/h1-8,10-11,16H,9,22H2,(H,23,24)(H,25,27). The minimum absolute atomic E-state index is 0.0982. The number of hydrogen-bond acceptors (Lipinski definition) is 8. The molecule has 0 saturated heterocycles. The van der Waals surface area contributed by atoms with Crippen molar-refractivity contribution in [1.29, 1.82) is 0 Å². The highest BCUT2D eigenvalue weighted by Crippen LogP contribution is 2.30. The molecule has 0 fully saturated rings. The largest absolute Gasteiger partial charge is 0.359 e. The van der Waals surface area contributed by atoms with E-state index < -0.39 is 11.0 Å². The average Bonchev–Trinajstić information content (AvgIpc) is 3.33. The van der Waals surface area contributed by atoms with Gasteiger partial charge < -0.3 is 16.0 Å². The predicted molar refractivity (Wildman–Crippen MR) is 116 cm³/mol. The maximum atomic E-state index is 10.8. The van der Waals surface area contributed by atoms with Gasteiger partial charge in [0, 0.05) is 41.8 Å². The molecule has 1 aromatic carbocycles. The molecule has 3 heterocycles. The number of pyridine rings is 1. The molecule has 0 aliphatic heterocycles. The summed E-state index contributed by atoms with van der Waals surface area (Å²) in [5.41, 5.74) is 8.08. The van der Waals surface area contributed by atoms with Crippen LogP contribution in [0.4, 0.5) is 11.5 Å². The summed E-state index contributed by atoms with van der Waals surface area (Å²) >= 11 is 6.04. The van der Waals surface area contributed by atoms with Gasteiger partial charge in [-0.2, -0.15) is 0 Å². The summed E-state index contributed by atoms with van der Waals surface area (Å²) in [7, 11) is 0. The molecule has 4 rings (SSSR count). The van der Waals surface area contributed by atoms with Gasteiger partial charge in [0.1, 0.15) is 17.8 Å². The smallest absolute Gasteiger partial charge is 0.287 e. The Balaban J connectivity index is 1.70. The second-order valence-corrected chi connectivity index (χ2v) is 6.96. The number of nitrogens with one attached hydrogen (secondary N) is 2. The van der Waals surface area contributed by atoms with Crippen LogP contribution in [0.3, 0.4) is 0 Å². The lowest BCUT2D eigenvalue weighted by Gasteiger charge is -2.18. The van der Waals surface area contributed by atoms with Crippen molar-refractivity contribution in [3.63, 3.8) is 0 Å². The first-order valence-corrected chi connectivity index (χ1v) is 9.62. The monoisotopic (exact) mass is 436 g/mol. The minimum atomic E-state index is -0.508. The van der Waals surface area contributed by atoms with Crippen molar-refractivity contribution in [3.8, 4) is 22.6 Å². The van der Waals surface area contributed by atoms with Gasteiger partial charge in [0.05, 0.1) is 22.2 Å². The number of aromatic amines is 1. The Bertz CT molecular complexity index is 1180. The third-order valence-electron chi connectivity index (χ3n) is 4.51. The summed E-state index contributed by atoms with van der Waals surface area (Å²) in [6, 6.07) is 9.70. The molecule has 0 radical (unpaired) electrons. The van der Waals surface area contributed by atoms with Gasteiger partial charge >= 0.3 is 0 Å². The number of H-pyrrole nitrogens is 1. The first-order chi connectivity index (χ1) is 15.0. The number of nitrogens with two attached hydrogens (primary N) is 1. The first-order valence-electron chi connectivity index (χ1n) is 9.25. The highest BCUT2D eigenvalue weighted by Gasteiger charge is 2.19. The van der Waals surface area contributed by atoms with E-state index in [4.69, 9.17) is 22.3 Å². The highest BCUT2D eigenvalue weighted by atomic mass is 35.5. The third-order valence-corrected chi connectivity index (χ3v) is 4.76. The topological polar surface area (TPSA) is 149 Å². The number of anilines is 1. The summed E-state index contributed by atoms with van der Waals surface area (Å²) in [6.45, 7) is 0.179. The number of benzene rings is 1. The molecule has 4 N–H and O–H groups in total. The Kier molecular flexibility index (Phi) is 5.83. The summed E-state index contributed by atoms with van der Waals surface area (Å²) in [5, 5.41) is 14.6. The number of nitro groups is 1. The summed E-state index contributed by atoms with van der Waals surface area (Å²) in [5.74, 6) is 1.50. The Morgan fingerprint density at radius 1 is 1.13 bits per heavy atom. The van der Waals surface area contributed by atoms with Crippen molar-refractivity contribution in [3.05, 3.63) is 82.1 Å². The molecule has 4 aromatic rings. The van der Waals surface area contributed by atoms with Gasteiger partial charge in [0.15, 0.2) is 5.82 Å². The zero-order valence-electron chi connectivity index (χ0n) is 16.1. The molecule has 0 amide bonds. The summed E-state index contributed by atoms with van der Waals surface area (Å²) < 4.78 is 0. The molecule has 0 saturated carbocycles. The van der Waals surface area contributed by atoms with E-state index >= 15 is 0 Å². The van der Waals surface area contributed by atoms with E-state index in [-0.39, 0.29) is 12.2 Å². The Morgan fingerprint density at radius 2 is 1.94 bits per heavy atom. The Morgan fingerprint density at radius 3 is 2.55 bits per heavy atom. The predicted octanol–water partition coefficient (Wildman–Crippen LogP) is 3.60. The van der Waals surface area contributed by atoms with Gasteiger partial charge in [-0.05, 0) is 18.2 Å². The van der Waals surface area contributed by atoms with Gasteiger partial charge in [-0.25, -0.2) is 19.9 Å². The van der Waals surface area contributed by atoms with Crippen molar-refractivity contribution in [2.75, 3.05) is 11.9 Å². The Hall–Kier alpha value is -3.89. The van der Waals surface area contributed by atoms with Crippen LogP contribution in [0.2, 0.25) is 5.02 Å². The van der Waals surface area contributed by atoms with E-state index in [1.165, 1.54) is 18.3 Å². The fraction of sp³-hybridized carbons (Fsp3) is 0.100. The van der Waals surface area contributed by atoms with E-state index in [0.29, 0.717) is 28.2 Å². The molecule has 11 heteroatoms. The van der Waals surface area contributed by atoms with Crippen LogP contribution >= 0.6 is 11.6 Å². The van der Waals surface area contributed by atoms with E-state index in [9.17, 15) is 10.1 Å². The highest BCUT2D eigenvalue weighted by molar-refractivity contribution is 6.30. The van der Waals surface area contributed by atoms with Gasteiger partial charge in [-0.1, -0.05) is 23.7 Å². The fourth-order valence-corrected chi connectivity index (χ4v) is 3.09. The third kappa shape index (κ3) is 4.49. The van der Waals surface area contributed by atoms with Crippen molar-refractivity contribution in [2.45, 2.75) is 6.04 Å². The Labute approximate surface area is 181 Å². The van der Waals surface area contributed by atoms with Crippen LogP contribution < -0.4 is 11.1 Å². The van der Waals surface area contributed by atoms with E-state index in [1.54, 1.807) is 30.7 Å². The molecule has 156 valence electrons. The van der Waals surface area contributed by atoms with E-state index in [0.717, 1.165) is 11.1 Å². The molecule has 0 aliphatic rings. The van der Waals surface area contributed by atoms with Crippen LogP contribution in [0, 0.1) is 10.1 Å². The van der Waals surface area contributed by atoms with Crippen molar-refractivity contribution in [1.82, 2.24) is 24.9 Å². The lowest BCUT2D eigenvalue weighted by atomic mass is 10.1. The second-order valence-electron chi connectivity index (χ2n) is 6.53. The maximum Gasteiger partial charge on any atom is 0.287 e. The second kappa shape index (κ2) is 8.86. The van der Waals surface area contributed by atoms with Crippen LogP contribution in [-0.2, 0) is 0 Å². The zero-order chi connectivity index (χ0) is 21.8. The summed E-state index contributed by atoms with van der Waals surface area (Å²) in [6.07, 6.45) is 6.23. The van der Waals surface area contributed by atoms with Crippen LogP contribution in [0.5, 0.6) is 0 Å². The number of nitrogens with zero attached hydrogens (tertiary/aromatic N) is 5. The average molecular weight is 437 g/mol. The number of imidazole rings is 1. The number of aromatic nitrogens is 5. The molecule has 1 atom stereocenters. The van der Waals surface area contributed by atoms with Crippen molar-refractivity contribution >= 4 is 23.1 Å². The summed E-state index contributed by atoms with van der Waals surface area (Å²) in [4.78, 5) is 31.0. The lowest BCUT2D eigenvalue weighted by molar-refractivity contribution is -0.385. The minimum Gasteiger partial charge on any atom is -0.359 e. The fourth-order valence-electron chi connectivity index (χ4n) is 2.96. The first kappa shape index (κ1) is 20.4. The molecule has 0 aliphatic carbocycles. The molecule has 1 unspecified atom stereocenters. The molecular formula is C20H17ClN8O2. The van der Waals surface area contributed by atoms with Gasteiger partial charge in [-0.15, -0.1) is 0 Å². The van der Waals surface area contributed by atoms with Crippen LogP contribution in [0.15, 0.2) is 61.2 Å². The van der Waals surface area contributed by atoms with Crippen LogP contribution in [0.25, 0.3) is 22.6 Å². The quantitative estimate of drug-likeness (QED) is 0.294. The van der Waals surface area contributed by atoms with Crippen molar-refractivity contribution < 1.29 is 4.92 Å². The van der Waals surface area contributed by atoms with Gasteiger partial charge in [0.2, 0.25) is 0 Å². The van der Waals surface area contributed by atoms with Gasteiger partial charge in [0.25, 0.3) is 5.69 Å². The van der Waals surface area contributed by atoms with Gasteiger partial charge in [-0.3, -0.25) is 10.1 Å². The van der Waals surface area contributed by atoms with E-state index in [1.807, 2.05) is 12.1 Å². The molecule has 0 bridgehead atoms. The van der Waals surface area contributed by atoms with Crippen LogP contribution in [-0.4, -0.2) is 36.4 Å². The zero-order valence-corrected chi connectivity index (χ0v) is 16.8. The molecule has 3 aromatic heterocycles. The number of halogens is 1.